The first-order valence-corrected chi connectivity index (χ1v) is 5.61. The minimum absolute atomic E-state index is 0. The van der Waals surface area contributed by atoms with Crippen LogP contribution in [-0.2, 0) is 0 Å². The molecule has 0 aliphatic heterocycles. The first-order valence-electron chi connectivity index (χ1n) is 5.61. The third-order valence-electron chi connectivity index (χ3n) is 2.37. The van der Waals surface area contributed by atoms with Gasteiger partial charge in [0.05, 0.1) is 7.11 Å². The molecule has 5 nitrogen and oxygen atoms in total. The Labute approximate surface area is 121 Å². The molecule has 0 aliphatic carbocycles. The van der Waals surface area contributed by atoms with Crippen LogP contribution in [0.1, 0.15) is 17.3 Å². The average molecular weight is 311 g/mol. The molecule has 1 atom stereocenters. The highest BCUT2D eigenvalue weighted by Crippen LogP contribution is 2.29. The largest absolute Gasteiger partial charge is 0.493 e. The number of amides is 1. The van der Waals surface area contributed by atoms with Crippen molar-refractivity contribution in [3.63, 3.8) is 0 Å². The molecule has 0 heterocycles. The maximum atomic E-state index is 12.2. The van der Waals surface area contributed by atoms with Crippen LogP contribution in [0.3, 0.4) is 0 Å². The monoisotopic (exact) mass is 310 g/mol. The highest BCUT2D eigenvalue weighted by Gasteiger charge is 2.15. The van der Waals surface area contributed by atoms with E-state index in [9.17, 15) is 13.6 Å². The Bertz CT molecular complexity index is 447. The van der Waals surface area contributed by atoms with Gasteiger partial charge in [0.25, 0.3) is 5.91 Å². The zero-order valence-corrected chi connectivity index (χ0v) is 11.9. The van der Waals surface area contributed by atoms with Crippen LogP contribution in [0.2, 0.25) is 0 Å². The van der Waals surface area contributed by atoms with E-state index in [-0.39, 0.29) is 42.1 Å². The van der Waals surface area contributed by atoms with Crippen molar-refractivity contribution >= 4 is 18.3 Å². The van der Waals surface area contributed by atoms with Gasteiger partial charge in [-0.3, -0.25) is 4.79 Å². The van der Waals surface area contributed by atoms with Crippen LogP contribution in [0.25, 0.3) is 0 Å². The molecule has 1 aromatic carbocycles. The normalized spacial score (nSPS) is 11.5. The number of nitrogens with two attached hydrogens (primary N) is 1. The van der Waals surface area contributed by atoms with Crippen LogP contribution in [0.4, 0.5) is 8.78 Å². The summed E-state index contributed by atoms with van der Waals surface area (Å²) in [5.41, 5.74) is 5.57. The van der Waals surface area contributed by atoms with Gasteiger partial charge in [-0.2, -0.15) is 8.78 Å². The fourth-order valence-corrected chi connectivity index (χ4v) is 1.37. The van der Waals surface area contributed by atoms with E-state index in [1.54, 1.807) is 6.92 Å². The molecule has 0 radical (unpaired) electrons. The van der Waals surface area contributed by atoms with Crippen molar-refractivity contribution in [1.29, 1.82) is 0 Å². The van der Waals surface area contributed by atoms with Crippen LogP contribution in [0.5, 0.6) is 11.5 Å². The quantitative estimate of drug-likeness (QED) is 0.840. The van der Waals surface area contributed by atoms with E-state index >= 15 is 0 Å². The van der Waals surface area contributed by atoms with Crippen molar-refractivity contribution in [2.75, 3.05) is 13.7 Å². The Morgan fingerprint density at radius 2 is 2.05 bits per heavy atom. The number of benzene rings is 1. The number of hydrogen-bond donors (Lipinski definition) is 2. The number of ether oxygens (including phenoxy) is 2. The predicted molar refractivity (Wildman–Crippen MR) is 72.9 cm³/mol. The van der Waals surface area contributed by atoms with Crippen LogP contribution in [0, 0.1) is 0 Å². The van der Waals surface area contributed by atoms with Gasteiger partial charge in [0.2, 0.25) is 0 Å². The fourth-order valence-electron chi connectivity index (χ4n) is 1.37. The van der Waals surface area contributed by atoms with E-state index in [2.05, 4.69) is 10.1 Å². The van der Waals surface area contributed by atoms with Gasteiger partial charge in [0.1, 0.15) is 0 Å². The van der Waals surface area contributed by atoms with Gasteiger partial charge in [-0.05, 0) is 25.1 Å². The molecule has 0 spiro atoms. The number of rotatable bonds is 6. The van der Waals surface area contributed by atoms with Crippen molar-refractivity contribution in [2.24, 2.45) is 5.73 Å². The second-order valence-corrected chi connectivity index (χ2v) is 3.85. The summed E-state index contributed by atoms with van der Waals surface area (Å²) >= 11 is 0. The Hall–Kier alpha value is -1.60. The standard InChI is InChI=1S/C12H16F2N2O3.ClH/c1-7(6-15)16-11(17)8-3-4-9(18-2)10(5-8)19-12(13)14;/h3-5,7,12H,6,15H2,1-2H3,(H,16,17);1H/t7-;/m0./s1. The lowest BCUT2D eigenvalue weighted by Crippen LogP contribution is -2.37. The zero-order chi connectivity index (χ0) is 14.4. The topological polar surface area (TPSA) is 73.6 Å². The van der Waals surface area contributed by atoms with Crippen LogP contribution >= 0.6 is 12.4 Å². The maximum Gasteiger partial charge on any atom is 0.387 e. The molecule has 1 aromatic rings. The number of hydrogen-bond acceptors (Lipinski definition) is 4. The maximum absolute atomic E-state index is 12.2. The zero-order valence-electron chi connectivity index (χ0n) is 11.1. The molecule has 0 saturated carbocycles. The van der Waals surface area contributed by atoms with Gasteiger partial charge in [0.15, 0.2) is 11.5 Å². The molecule has 0 aliphatic rings. The average Bonchev–Trinajstić information content (AvgIpc) is 2.37. The summed E-state index contributed by atoms with van der Waals surface area (Å²) in [5.74, 6) is -0.478. The molecule has 114 valence electrons. The SMILES string of the molecule is COc1ccc(C(=O)N[C@@H](C)CN)cc1OC(F)F.Cl. The molecule has 0 bridgehead atoms. The van der Waals surface area contributed by atoms with Crippen molar-refractivity contribution in [3.05, 3.63) is 23.8 Å². The summed E-state index contributed by atoms with van der Waals surface area (Å²) in [6.45, 7) is -0.976. The van der Waals surface area contributed by atoms with Gasteiger partial charge in [-0.1, -0.05) is 0 Å². The fraction of sp³-hybridized carbons (Fsp3) is 0.417. The summed E-state index contributed by atoms with van der Waals surface area (Å²) in [7, 11) is 1.32. The third-order valence-corrected chi connectivity index (χ3v) is 2.37. The molecule has 0 saturated heterocycles. The highest BCUT2D eigenvalue weighted by molar-refractivity contribution is 5.95. The van der Waals surface area contributed by atoms with Gasteiger partial charge < -0.3 is 20.5 Å². The van der Waals surface area contributed by atoms with E-state index < -0.39 is 12.5 Å². The van der Waals surface area contributed by atoms with Crippen molar-refractivity contribution in [3.8, 4) is 11.5 Å². The summed E-state index contributed by atoms with van der Waals surface area (Å²) in [6, 6.07) is 3.83. The smallest absolute Gasteiger partial charge is 0.387 e. The Morgan fingerprint density at radius 1 is 1.40 bits per heavy atom. The van der Waals surface area contributed by atoms with Crippen LogP contribution < -0.4 is 20.5 Å². The highest BCUT2D eigenvalue weighted by atomic mass is 35.5. The van der Waals surface area contributed by atoms with Crippen molar-refractivity contribution in [2.45, 2.75) is 19.6 Å². The van der Waals surface area contributed by atoms with Gasteiger partial charge in [-0.15, -0.1) is 12.4 Å². The van der Waals surface area contributed by atoms with Gasteiger partial charge in [-0.25, -0.2) is 0 Å². The number of nitrogens with one attached hydrogen (secondary N) is 1. The number of alkyl halides is 2. The summed E-state index contributed by atoms with van der Waals surface area (Å²) < 4.78 is 33.6. The Morgan fingerprint density at radius 3 is 2.55 bits per heavy atom. The summed E-state index contributed by atoms with van der Waals surface area (Å²) in [6.07, 6.45) is 0. The van der Waals surface area contributed by atoms with E-state index in [4.69, 9.17) is 10.5 Å². The molecule has 1 amide bonds. The number of halogens is 3. The van der Waals surface area contributed by atoms with E-state index in [0.29, 0.717) is 0 Å². The Balaban J connectivity index is 0.00000361. The molecule has 0 aromatic heterocycles. The molecule has 3 N–H and O–H groups in total. The first kappa shape index (κ1) is 18.4. The molecular formula is C12H17ClF2N2O3. The summed E-state index contributed by atoms with van der Waals surface area (Å²) in [4.78, 5) is 11.8. The van der Waals surface area contributed by atoms with E-state index in [1.807, 2.05) is 0 Å². The second kappa shape index (κ2) is 8.55. The van der Waals surface area contributed by atoms with Crippen LogP contribution in [-0.4, -0.2) is 32.2 Å². The molecule has 1 rings (SSSR count). The van der Waals surface area contributed by atoms with E-state index in [0.717, 1.165) is 0 Å². The predicted octanol–water partition coefficient (Wildman–Crippen LogP) is 1.80. The third kappa shape index (κ3) is 5.18. The first-order chi connectivity index (χ1) is 8.97. The van der Waals surface area contributed by atoms with Crippen molar-refractivity contribution < 1.29 is 23.0 Å². The molecule has 0 fully saturated rings. The van der Waals surface area contributed by atoms with Crippen molar-refractivity contribution in [1.82, 2.24) is 5.32 Å². The molecule has 20 heavy (non-hydrogen) atoms. The van der Waals surface area contributed by atoms with Crippen LogP contribution in [0.15, 0.2) is 18.2 Å². The lowest BCUT2D eigenvalue weighted by molar-refractivity contribution is -0.0512. The van der Waals surface area contributed by atoms with E-state index in [1.165, 1.54) is 25.3 Å². The summed E-state index contributed by atoms with van der Waals surface area (Å²) in [5, 5.41) is 2.62. The molecule has 8 heteroatoms. The minimum atomic E-state index is -2.99. The number of carbonyl (C=O) groups excluding carboxylic acids is 1. The second-order valence-electron chi connectivity index (χ2n) is 3.85. The number of methoxy groups -OCH3 is 1. The lowest BCUT2D eigenvalue weighted by Gasteiger charge is -2.14. The number of carbonyl (C=O) groups is 1. The van der Waals surface area contributed by atoms with Gasteiger partial charge in [0, 0.05) is 18.2 Å². The minimum Gasteiger partial charge on any atom is -0.493 e. The molecule has 0 unspecified atom stereocenters. The molecular weight excluding hydrogens is 294 g/mol. The van der Waals surface area contributed by atoms with Gasteiger partial charge >= 0.3 is 6.61 Å². The lowest BCUT2D eigenvalue weighted by atomic mass is 10.1. The Kier molecular flexibility index (Phi) is 7.86.